The van der Waals surface area contributed by atoms with Crippen molar-refractivity contribution in [3.63, 3.8) is 0 Å². The normalized spacial score (nSPS) is 37.7. The van der Waals surface area contributed by atoms with Crippen LogP contribution in [0.25, 0.3) is 0 Å². The van der Waals surface area contributed by atoms with Crippen LogP contribution in [0.15, 0.2) is 12.2 Å². The van der Waals surface area contributed by atoms with Crippen LogP contribution in [0.4, 0.5) is 0 Å². The Labute approximate surface area is 68.5 Å². The van der Waals surface area contributed by atoms with Gasteiger partial charge >= 0.3 is 0 Å². The molecule has 0 spiro atoms. The summed E-state index contributed by atoms with van der Waals surface area (Å²) in [5.74, 6) is 0.918. The Morgan fingerprint density at radius 3 is 2.45 bits per heavy atom. The first-order valence-electron chi connectivity index (χ1n) is 4.16. The number of hydrogen-bond donors (Lipinski definition) is 0. The second-order valence-corrected chi connectivity index (χ2v) is 4.05. The van der Waals surface area contributed by atoms with Crippen molar-refractivity contribution in [1.29, 1.82) is 0 Å². The number of carbonyl (C=O) groups excluding carboxylic acids is 1. The first-order chi connectivity index (χ1) is 4.97. The Morgan fingerprint density at radius 1 is 1.73 bits per heavy atom. The van der Waals surface area contributed by atoms with Crippen molar-refractivity contribution in [1.82, 2.24) is 0 Å². The van der Waals surface area contributed by atoms with E-state index in [1.165, 1.54) is 0 Å². The lowest BCUT2D eigenvalue weighted by molar-refractivity contribution is -0.123. The van der Waals surface area contributed by atoms with Crippen molar-refractivity contribution in [3.8, 4) is 0 Å². The zero-order valence-electron chi connectivity index (χ0n) is 7.61. The molecule has 2 atom stereocenters. The van der Waals surface area contributed by atoms with Gasteiger partial charge in [-0.05, 0) is 26.2 Å². The summed E-state index contributed by atoms with van der Waals surface area (Å²) in [6.07, 6.45) is 1.73. The second kappa shape index (κ2) is 2.47. The Bertz CT molecular complexity index is 205. The minimum atomic E-state index is -0.209. The predicted molar refractivity (Wildman–Crippen MR) is 46.3 cm³/mol. The van der Waals surface area contributed by atoms with Crippen LogP contribution in [0.3, 0.4) is 0 Å². The predicted octanol–water partition coefficient (Wildman–Crippen LogP) is 2.57. The third kappa shape index (κ3) is 1.24. The summed E-state index contributed by atoms with van der Waals surface area (Å²) in [6, 6.07) is 0. The van der Waals surface area contributed by atoms with Gasteiger partial charge in [0.05, 0.1) is 0 Å². The SMILES string of the molecule is C=C(C)C1(C)CC(C)CC1=O. The topological polar surface area (TPSA) is 17.1 Å². The Hall–Kier alpha value is -0.590. The molecule has 11 heavy (non-hydrogen) atoms. The van der Waals surface area contributed by atoms with Gasteiger partial charge in [0.15, 0.2) is 0 Å². The highest BCUT2D eigenvalue weighted by Gasteiger charge is 2.41. The molecule has 1 nitrogen and oxygen atoms in total. The van der Waals surface area contributed by atoms with E-state index < -0.39 is 0 Å². The molecule has 0 heterocycles. The molecule has 1 heteroatoms. The van der Waals surface area contributed by atoms with E-state index in [2.05, 4.69) is 13.5 Å². The van der Waals surface area contributed by atoms with Crippen LogP contribution in [0.2, 0.25) is 0 Å². The quantitative estimate of drug-likeness (QED) is 0.528. The van der Waals surface area contributed by atoms with Crippen LogP contribution in [0.1, 0.15) is 33.6 Å². The van der Waals surface area contributed by atoms with Gasteiger partial charge in [0.25, 0.3) is 0 Å². The molecule has 2 unspecified atom stereocenters. The summed E-state index contributed by atoms with van der Waals surface area (Å²) in [5, 5.41) is 0. The third-order valence-electron chi connectivity index (χ3n) is 2.85. The summed E-state index contributed by atoms with van der Waals surface area (Å²) in [7, 11) is 0. The van der Waals surface area contributed by atoms with E-state index in [9.17, 15) is 4.79 Å². The van der Waals surface area contributed by atoms with Gasteiger partial charge in [-0.1, -0.05) is 19.1 Å². The molecule has 0 aromatic rings. The number of ketones is 1. The molecular formula is C10H16O. The zero-order chi connectivity index (χ0) is 8.65. The molecule has 0 aliphatic heterocycles. The lowest BCUT2D eigenvalue weighted by Crippen LogP contribution is -2.22. The number of hydrogen-bond acceptors (Lipinski definition) is 1. The highest BCUT2D eigenvalue weighted by Crippen LogP contribution is 2.42. The van der Waals surface area contributed by atoms with Gasteiger partial charge in [-0.15, -0.1) is 0 Å². The summed E-state index contributed by atoms with van der Waals surface area (Å²) < 4.78 is 0. The highest BCUT2D eigenvalue weighted by atomic mass is 16.1. The summed E-state index contributed by atoms with van der Waals surface area (Å²) in [5.41, 5.74) is 0.811. The summed E-state index contributed by atoms with van der Waals surface area (Å²) >= 11 is 0. The molecule has 1 aliphatic carbocycles. The molecule has 1 rings (SSSR count). The standard InChI is InChI=1S/C10H16O/c1-7(2)10(4)6-8(3)5-9(10)11/h8H,1,5-6H2,2-4H3. The molecule has 0 saturated heterocycles. The van der Waals surface area contributed by atoms with Crippen LogP contribution >= 0.6 is 0 Å². The lowest BCUT2D eigenvalue weighted by Gasteiger charge is -2.22. The first-order valence-corrected chi connectivity index (χ1v) is 4.16. The van der Waals surface area contributed by atoms with Gasteiger partial charge in [0, 0.05) is 11.8 Å². The molecule has 62 valence electrons. The molecule has 0 aromatic carbocycles. The summed E-state index contributed by atoms with van der Waals surface area (Å²) in [4.78, 5) is 11.5. The molecule has 1 aliphatic rings. The van der Waals surface area contributed by atoms with Crippen molar-refractivity contribution in [2.24, 2.45) is 11.3 Å². The molecule has 0 N–H and O–H groups in total. The van der Waals surface area contributed by atoms with Gasteiger partial charge < -0.3 is 0 Å². The van der Waals surface area contributed by atoms with Gasteiger partial charge in [-0.3, -0.25) is 4.79 Å². The molecular weight excluding hydrogens is 136 g/mol. The largest absolute Gasteiger partial charge is 0.299 e. The Kier molecular flexibility index (Phi) is 1.91. The van der Waals surface area contributed by atoms with Crippen LogP contribution in [-0.2, 0) is 4.79 Å². The van der Waals surface area contributed by atoms with E-state index in [1.807, 2.05) is 13.8 Å². The van der Waals surface area contributed by atoms with Crippen molar-refractivity contribution in [2.75, 3.05) is 0 Å². The van der Waals surface area contributed by atoms with Crippen molar-refractivity contribution >= 4 is 5.78 Å². The van der Waals surface area contributed by atoms with Gasteiger partial charge in [0.1, 0.15) is 5.78 Å². The fourth-order valence-corrected chi connectivity index (χ4v) is 1.84. The molecule has 1 saturated carbocycles. The van der Waals surface area contributed by atoms with E-state index in [0.717, 1.165) is 18.4 Å². The fourth-order valence-electron chi connectivity index (χ4n) is 1.84. The third-order valence-corrected chi connectivity index (χ3v) is 2.85. The number of rotatable bonds is 1. The molecule has 0 bridgehead atoms. The smallest absolute Gasteiger partial charge is 0.143 e. The van der Waals surface area contributed by atoms with Crippen molar-refractivity contribution < 1.29 is 4.79 Å². The van der Waals surface area contributed by atoms with E-state index in [4.69, 9.17) is 0 Å². The molecule has 1 fully saturated rings. The van der Waals surface area contributed by atoms with Gasteiger partial charge in [-0.2, -0.15) is 0 Å². The van der Waals surface area contributed by atoms with Crippen molar-refractivity contribution in [3.05, 3.63) is 12.2 Å². The Balaban J connectivity index is 2.88. The maximum Gasteiger partial charge on any atom is 0.143 e. The van der Waals surface area contributed by atoms with Crippen LogP contribution in [0, 0.1) is 11.3 Å². The maximum atomic E-state index is 11.5. The minimum Gasteiger partial charge on any atom is -0.299 e. The first kappa shape index (κ1) is 8.51. The summed E-state index contributed by atoms with van der Waals surface area (Å²) in [6.45, 7) is 9.97. The lowest BCUT2D eigenvalue weighted by atomic mass is 9.81. The van der Waals surface area contributed by atoms with Crippen LogP contribution in [-0.4, -0.2) is 5.78 Å². The van der Waals surface area contributed by atoms with Gasteiger partial charge in [-0.25, -0.2) is 0 Å². The van der Waals surface area contributed by atoms with E-state index in [1.54, 1.807) is 0 Å². The monoisotopic (exact) mass is 152 g/mol. The number of Topliss-reactive ketones (excluding diaryl/α,β-unsaturated/α-hetero) is 1. The molecule has 0 radical (unpaired) electrons. The van der Waals surface area contributed by atoms with Crippen molar-refractivity contribution in [2.45, 2.75) is 33.6 Å². The highest BCUT2D eigenvalue weighted by molar-refractivity contribution is 5.89. The van der Waals surface area contributed by atoms with E-state index in [-0.39, 0.29) is 5.41 Å². The fraction of sp³-hybridized carbons (Fsp3) is 0.700. The van der Waals surface area contributed by atoms with Crippen LogP contribution < -0.4 is 0 Å². The van der Waals surface area contributed by atoms with E-state index >= 15 is 0 Å². The number of allylic oxidation sites excluding steroid dienone is 1. The average Bonchev–Trinajstić information content (AvgIpc) is 2.08. The molecule has 0 aromatic heterocycles. The zero-order valence-corrected chi connectivity index (χ0v) is 7.61. The van der Waals surface area contributed by atoms with E-state index in [0.29, 0.717) is 11.7 Å². The minimum absolute atomic E-state index is 0.209. The van der Waals surface area contributed by atoms with Gasteiger partial charge in [0.2, 0.25) is 0 Å². The average molecular weight is 152 g/mol. The van der Waals surface area contributed by atoms with Crippen LogP contribution in [0.5, 0.6) is 0 Å². The maximum absolute atomic E-state index is 11.5. The molecule has 0 amide bonds. The second-order valence-electron chi connectivity index (χ2n) is 4.05. The number of carbonyl (C=O) groups is 1. The Morgan fingerprint density at radius 2 is 2.27 bits per heavy atom.